The maximum absolute atomic E-state index is 14.4. The SMILES string of the molecule is CCNC1CN(C(=O)c2ccc(F)c(F)c2Nc2ccc(I)cc2F)C1. The Hall–Kier alpha value is -1.81. The quantitative estimate of drug-likeness (QED) is 0.646. The molecule has 0 radical (unpaired) electrons. The molecule has 2 aromatic rings. The van der Waals surface area contributed by atoms with Crippen LogP contribution in [0.15, 0.2) is 30.3 Å². The Morgan fingerprint density at radius 2 is 1.92 bits per heavy atom. The van der Waals surface area contributed by atoms with Crippen molar-refractivity contribution in [2.75, 3.05) is 25.0 Å². The van der Waals surface area contributed by atoms with Crippen molar-refractivity contribution in [2.45, 2.75) is 13.0 Å². The first-order valence-corrected chi connectivity index (χ1v) is 9.21. The minimum Gasteiger partial charge on any atom is -0.350 e. The highest BCUT2D eigenvalue weighted by molar-refractivity contribution is 14.1. The van der Waals surface area contributed by atoms with Gasteiger partial charge < -0.3 is 15.5 Å². The van der Waals surface area contributed by atoms with Crippen molar-refractivity contribution in [1.82, 2.24) is 10.2 Å². The zero-order valence-corrected chi connectivity index (χ0v) is 16.1. The first-order chi connectivity index (χ1) is 12.4. The Morgan fingerprint density at radius 1 is 1.19 bits per heavy atom. The maximum Gasteiger partial charge on any atom is 0.256 e. The number of hydrogen-bond donors (Lipinski definition) is 2. The van der Waals surface area contributed by atoms with Crippen molar-refractivity contribution in [3.05, 3.63) is 56.9 Å². The van der Waals surface area contributed by atoms with Crippen molar-refractivity contribution < 1.29 is 18.0 Å². The molecule has 0 spiro atoms. The van der Waals surface area contributed by atoms with E-state index in [1.165, 1.54) is 23.1 Å². The van der Waals surface area contributed by atoms with E-state index in [4.69, 9.17) is 0 Å². The van der Waals surface area contributed by atoms with Crippen molar-refractivity contribution in [3.8, 4) is 0 Å². The fourth-order valence-electron chi connectivity index (χ4n) is 2.81. The van der Waals surface area contributed by atoms with Crippen LogP contribution < -0.4 is 10.6 Å². The highest BCUT2D eigenvalue weighted by atomic mass is 127. The van der Waals surface area contributed by atoms with Crippen LogP contribution in [-0.2, 0) is 0 Å². The summed E-state index contributed by atoms with van der Waals surface area (Å²) in [6, 6.07) is 6.62. The Kier molecular flexibility index (Phi) is 5.71. The van der Waals surface area contributed by atoms with Crippen LogP contribution in [0.3, 0.4) is 0 Å². The first kappa shape index (κ1) is 19.0. The zero-order valence-electron chi connectivity index (χ0n) is 14.0. The number of rotatable bonds is 5. The lowest BCUT2D eigenvalue weighted by Gasteiger charge is -2.40. The Morgan fingerprint density at radius 3 is 2.58 bits per heavy atom. The summed E-state index contributed by atoms with van der Waals surface area (Å²) in [5.74, 6) is -3.36. The molecule has 1 aliphatic heterocycles. The predicted molar refractivity (Wildman–Crippen MR) is 102 cm³/mol. The Balaban J connectivity index is 1.89. The van der Waals surface area contributed by atoms with Crippen molar-refractivity contribution in [2.24, 2.45) is 0 Å². The molecule has 1 fully saturated rings. The minimum atomic E-state index is -1.21. The highest BCUT2D eigenvalue weighted by Crippen LogP contribution is 2.30. The highest BCUT2D eigenvalue weighted by Gasteiger charge is 2.32. The summed E-state index contributed by atoms with van der Waals surface area (Å²) in [7, 11) is 0. The van der Waals surface area contributed by atoms with Crippen LogP contribution in [0.2, 0.25) is 0 Å². The third kappa shape index (κ3) is 3.80. The summed E-state index contributed by atoms with van der Waals surface area (Å²) in [5.41, 5.74) is -0.420. The molecule has 0 atom stereocenters. The fraction of sp³-hybridized carbons (Fsp3) is 0.278. The topological polar surface area (TPSA) is 44.4 Å². The molecule has 0 unspecified atom stereocenters. The number of carbonyl (C=O) groups is 1. The molecule has 0 aromatic heterocycles. The fourth-order valence-corrected chi connectivity index (χ4v) is 3.26. The molecule has 3 rings (SSSR count). The molecule has 26 heavy (non-hydrogen) atoms. The number of likely N-dealkylation sites (tertiary alicyclic amines) is 1. The molecule has 138 valence electrons. The average Bonchev–Trinajstić information content (AvgIpc) is 2.56. The molecular weight excluding hydrogens is 458 g/mol. The average molecular weight is 475 g/mol. The molecule has 0 aliphatic carbocycles. The van der Waals surface area contributed by atoms with Gasteiger partial charge in [0.1, 0.15) is 5.82 Å². The Bertz CT molecular complexity index is 841. The van der Waals surface area contributed by atoms with E-state index >= 15 is 0 Å². The summed E-state index contributed by atoms with van der Waals surface area (Å²) in [6.45, 7) is 3.74. The number of nitrogens with one attached hydrogen (secondary N) is 2. The van der Waals surface area contributed by atoms with Gasteiger partial charge >= 0.3 is 0 Å². The van der Waals surface area contributed by atoms with Crippen LogP contribution >= 0.6 is 22.6 Å². The van der Waals surface area contributed by atoms with Gasteiger partial charge in [-0.15, -0.1) is 0 Å². The van der Waals surface area contributed by atoms with E-state index in [-0.39, 0.29) is 23.0 Å². The van der Waals surface area contributed by atoms with Crippen LogP contribution in [-0.4, -0.2) is 36.5 Å². The lowest BCUT2D eigenvalue weighted by molar-refractivity contribution is 0.0570. The number of likely N-dealkylation sites (N-methyl/N-ethyl adjacent to an activating group) is 1. The van der Waals surface area contributed by atoms with E-state index in [9.17, 15) is 18.0 Å². The molecule has 2 N–H and O–H groups in total. The molecule has 4 nitrogen and oxygen atoms in total. The minimum absolute atomic E-state index is 0.0295. The third-order valence-corrected chi connectivity index (χ3v) is 4.85. The van der Waals surface area contributed by atoms with E-state index in [0.29, 0.717) is 16.7 Å². The molecule has 0 bridgehead atoms. The summed E-state index contributed by atoms with van der Waals surface area (Å²) in [6.07, 6.45) is 0. The van der Waals surface area contributed by atoms with Gasteiger partial charge in [-0.2, -0.15) is 0 Å². The lowest BCUT2D eigenvalue weighted by atomic mass is 10.0. The molecular formula is C18H17F3IN3O. The Labute approximate surface area is 162 Å². The molecule has 1 amide bonds. The molecule has 2 aromatic carbocycles. The summed E-state index contributed by atoms with van der Waals surface area (Å²) < 4.78 is 42.8. The summed E-state index contributed by atoms with van der Waals surface area (Å²) >= 11 is 1.94. The van der Waals surface area contributed by atoms with Crippen molar-refractivity contribution in [3.63, 3.8) is 0 Å². The van der Waals surface area contributed by atoms with E-state index in [0.717, 1.165) is 12.6 Å². The summed E-state index contributed by atoms with van der Waals surface area (Å²) in [5, 5.41) is 5.75. The monoisotopic (exact) mass is 475 g/mol. The van der Waals surface area contributed by atoms with Gasteiger partial charge in [0.2, 0.25) is 0 Å². The van der Waals surface area contributed by atoms with Crippen LogP contribution in [0.25, 0.3) is 0 Å². The number of halogens is 4. The number of hydrogen-bond acceptors (Lipinski definition) is 3. The van der Waals surface area contributed by atoms with E-state index in [2.05, 4.69) is 10.6 Å². The smallest absolute Gasteiger partial charge is 0.256 e. The van der Waals surface area contributed by atoms with E-state index in [1.54, 1.807) is 6.07 Å². The van der Waals surface area contributed by atoms with Gasteiger partial charge in [0.05, 0.1) is 16.9 Å². The molecule has 8 heteroatoms. The lowest BCUT2D eigenvalue weighted by Crippen LogP contribution is -2.59. The van der Waals surface area contributed by atoms with Crippen LogP contribution in [0.4, 0.5) is 24.5 Å². The van der Waals surface area contributed by atoms with Crippen LogP contribution in [0.1, 0.15) is 17.3 Å². The van der Waals surface area contributed by atoms with E-state index < -0.39 is 23.4 Å². The number of amides is 1. The second-order valence-corrected chi connectivity index (χ2v) is 7.24. The van der Waals surface area contributed by atoms with Gasteiger partial charge in [-0.3, -0.25) is 4.79 Å². The van der Waals surface area contributed by atoms with Crippen LogP contribution in [0.5, 0.6) is 0 Å². The number of anilines is 2. The van der Waals surface area contributed by atoms with E-state index in [1.807, 2.05) is 29.5 Å². The molecule has 0 saturated carbocycles. The van der Waals surface area contributed by atoms with Gasteiger partial charge in [-0.25, -0.2) is 13.2 Å². The normalized spacial score (nSPS) is 14.3. The number of carbonyl (C=O) groups excluding carboxylic acids is 1. The van der Waals surface area contributed by atoms with Gasteiger partial charge in [-0.05, 0) is 59.5 Å². The largest absolute Gasteiger partial charge is 0.350 e. The van der Waals surface area contributed by atoms with Gasteiger partial charge in [-0.1, -0.05) is 6.92 Å². The van der Waals surface area contributed by atoms with Gasteiger partial charge in [0.25, 0.3) is 5.91 Å². The standard InChI is InChI=1S/C18H17F3IN3O/c1-2-23-11-8-25(9-11)18(26)12-4-5-13(19)16(21)17(12)24-15-6-3-10(22)7-14(15)20/h3-7,11,23-24H,2,8-9H2,1H3. The number of benzene rings is 2. The van der Waals surface area contributed by atoms with Gasteiger partial charge in [0.15, 0.2) is 11.6 Å². The first-order valence-electron chi connectivity index (χ1n) is 8.13. The third-order valence-electron chi connectivity index (χ3n) is 4.18. The van der Waals surface area contributed by atoms with Gasteiger partial charge in [0, 0.05) is 22.7 Å². The molecule has 1 heterocycles. The summed E-state index contributed by atoms with van der Waals surface area (Å²) in [4.78, 5) is 14.2. The second kappa shape index (κ2) is 7.83. The second-order valence-electron chi connectivity index (χ2n) is 6.00. The maximum atomic E-state index is 14.4. The number of nitrogens with zero attached hydrogens (tertiary/aromatic N) is 1. The van der Waals surface area contributed by atoms with Crippen LogP contribution in [0, 0.1) is 21.0 Å². The van der Waals surface area contributed by atoms with Crippen molar-refractivity contribution >= 4 is 39.9 Å². The predicted octanol–water partition coefficient (Wildman–Crippen LogP) is 3.89. The van der Waals surface area contributed by atoms with Crippen molar-refractivity contribution in [1.29, 1.82) is 0 Å². The molecule has 1 saturated heterocycles. The zero-order chi connectivity index (χ0) is 18.8. The molecule has 1 aliphatic rings.